The van der Waals surface area contributed by atoms with E-state index in [0.717, 1.165) is 12.8 Å². The number of urea groups is 1. The standard InChI is InChI=1S/C18H32N2O4Si/c1-7-10-18(14(21)19-16(23)20-15(18)22)12-8-9-13(11-12)24-25(5,6)17(2,3)4/h12-13H,7-11H2,1-6H3,(H2,19,20,21,22,23). The fraction of sp³-hybridized carbons (Fsp3) is 0.833. The summed E-state index contributed by atoms with van der Waals surface area (Å²) in [6.45, 7) is 13.0. The summed E-state index contributed by atoms with van der Waals surface area (Å²) in [6, 6.07) is -0.714. The first-order valence-corrected chi connectivity index (χ1v) is 12.2. The van der Waals surface area contributed by atoms with Crippen molar-refractivity contribution >= 4 is 26.2 Å². The van der Waals surface area contributed by atoms with Gasteiger partial charge in [-0.15, -0.1) is 0 Å². The molecule has 2 unspecified atom stereocenters. The quantitative estimate of drug-likeness (QED) is 0.576. The van der Waals surface area contributed by atoms with E-state index in [9.17, 15) is 14.4 Å². The van der Waals surface area contributed by atoms with Gasteiger partial charge >= 0.3 is 6.03 Å². The molecule has 2 aliphatic rings. The van der Waals surface area contributed by atoms with Crippen LogP contribution >= 0.6 is 0 Å². The molecule has 2 rings (SSSR count). The minimum atomic E-state index is -1.89. The maximum atomic E-state index is 12.6. The predicted octanol–water partition coefficient (Wildman–Crippen LogP) is 3.33. The second kappa shape index (κ2) is 6.83. The molecule has 142 valence electrons. The van der Waals surface area contributed by atoms with Crippen LogP contribution in [-0.4, -0.2) is 32.3 Å². The zero-order valence-corrected chi connectivity index (χ0v) is 17.3. The fourth-order valence-electron chi connectivity index (χ4n) is 3.85. The minimum Gasteiger partial charge on any atom is -0.414 e. The molecule has 0 aromatic carbocycles. The lowest BCUT2D eigenvalue weighted by Gasteiger charge is -2.40. The first kappa shape index (κ1) is 20.1. The Morgan fingerprint density at radius 1 is 1.12 bits per heavy atom. The fourth-order valence-corrected chi connectivity index (χ4v) is 5.25. The van der Waals surface area contributed by atoms with Gasteiger partial charge in [0.05, 0.1) is 0 Å². The number of hydrogen-bond acceptors (Lipinski definition) is 4. The lowest BCUT2D eigenvalue weighted by Crippen LogP contribution is -2.64. The molecule has 1 aliphatic heterocycles. The SMILES string of the molecule is CCCC1(C2CCC(O[Si](C)(C)C(C)(C)C)C2)C(=O)NC(=O)NC1=O. The number of amides is 4. The molecule has 0 radical (unpaired) electrons. The second-order valence-corrected chi connectivity index (χ2v) is 13.7. The summed E-state index contributed by atoms with van der Waals surface area (Å²) in [7, 11) is -1.89. The highest BCUT2D eigenvalue weighted by Crippen LogP contribution is 2.47. The molecule has 6 nitrogen and oxygen atoms in total. The van der Waals surface area contributed by atoms with Crippen LogP contribution in [0.25, 0.3) is 0 Å². The van der Waals surface area contributed by atoms with Crippen LogP contribution in [0.15, 0.2) is 0 Å². The molecule has 2 fully saturated rings. The van der Waals surface area contributed by atoms with Gasteiger partial charge in [-0.1, -0.05) is 34.1 Å². The third kappa shape index (κ3) is 3.67. The van der Waals surface area contributed by atoms with Crippen molar-refractivity contribution in [2.45, 2.75) is 84.0 Å². The second-order valence-electron chi connectivity index (χ2n) is 8.97. The number of rotatable bonds is 5. The Bertz CT molecular complexity index is 548. The van der Waals surface area contributed by atoms with Crippen molar-refractivity contribution in [3.63, 3.8) is 0 Å². The molecular weight excluding hydrogens is 336 g/mol. The lowest BCUT2D eigenvalue weighted by atomic mass is 9.69. The molecule has 25 heavy (non-hydrogen) atoms. The maximum Gasteiger partial charge on any atom is 0.328 e. The van der Waals surface area contributed by atoms with Crippen LogP contribution in [0, 0.1) is 11.3 Å². The van der Waals surface area contributed by atoms with Gasteiger partial charge in [0.25, 0.3) is 0 Å². The zero-order valence-electron chi connectivity index (χ0n) is 16.3. The van der Waals surface area contributed by atoms with Crippen molar-refractivity contribution in [3.05, 3.63) is 0 Å². The topological polar surface area (TPSA) is 84.5 Å². The third-order valence-corrected chi connectivity index (χ3v) is 10.8. The first-order valence-electron chi connectivity index (χ1n) is 9.28. The molecule has 1 saturated carbocycles. The van der Waals surface area contributed by atoms with E-state index in [1.807, 2.05) is 6.92 Å². The van der Waals surface area contributed by atoms with Gasteiger partial charge in [-0.3, -0.25) is 20.2 Å². The molecule has 0 aromatic rings. The summed E-state index contributed by atoms with van der Waals surface area (Å²) in [5, 5.41) is 4.74. The number of nitrogens with one attached hydrogen (secondary N) is 2. The molecule has 1 heterocycles. The average molecular weight is 369 g/mol. The van der Waals surface area contributed by atoms with Crippen LogP contribution in [0.2, 0.25) is 18.1 Å². The van der Waals surface area contributed by atoms with Gasteiger partial charge in [0.2, 0.25) is 11.8 Å². The number of imide groups is 2. The van der Waals surface area contributed by atoms with Gasteiger partial charge in [0.1, 0.15) is 5.41 Å². The number of barbiturate groups is 1. The van der Waals surface area contributed by atoms with E-state index >= 15 is 0 Å². The molecule has 2 N–H and O–H groups in total. The van der Waals surface area contributed by atoms with E-state index in [1.165, 1.54) is 0 Å². The Kier molecular flexibility index (Phi) is 5.49. The van der Waals surface area contributed by atoms with Crippen molar-refractivity contribution in [3.8, 4) is 0 Å². The summed E-state index contributed by atoms with van der Waals surface area (Å²) in [5.74, 6) is -0.975. The number of hydrogen-bond donors (Lipinski definition) is 2. The Labute approximate surface area is 151 Å². The van der Waals surface area contributed by atoms with E-state index in [-0.39, 0.29) is 17.1 Å². The molecule has 7 heteroatoms. The van der Waals surface area contributed by atoms with Gasteiger partial charge in [-0.2, -0.15) is 0 Å². The number of carbonyl (C=O) groups excluding carboxylic acids is 3. The molecule has 1 saturated heterocycles. The lowest BCUT2D eigenvalue weighted by molar-refractivity contribution is -0.149. The Morgan fingerprint density at radius 3 is 2.16 bits per heavy atom. The molecule has 4 amide bonds. The van der Waals surface area contributed by atoms with Crippen LogP contribution in [-0.2, 0) is 14.0 Å². The largest absolute Gasteiger partial charge is 0.414 e. The highest BCUT2D eigenvalue weighted by Gasteiger charge is 2.56. The smallest absolute Gasteiger partial charge is 0.328 e. The van der Waals surface area contributed by atoms with Gasteiger partial charge in [-0.05, 0) is 49.7 Å². The Hall–Kier alpha value is -1.21. The Balaban J connectivity index is 2.19. The van der Waals surface area contributed by atoms with Gasteiger partial charge in [-0.25, -0.2) is 4.79 Å². The number of carbonyl (C=O) groups is 3. The third-order valence-electron chi connectivity index (χ3n) is 6.26. The molecular formula is C18H32N2O4Si. The zero-order chi connectivity index (χ0) is 19.0. The maximum absolute atomic E-state index is 12.6. The van der Waals surface area contributed by atoms with Crippen molar-refractivity contribution in [2.24, 2.45) is 11.3 Å². The summed E-state index contributed by atoms with van der Waals surface area (Å²) in [6.07, 6.45) is 3.57. The highest BCUT2D eigenvalue weighted by atomic mass is 28.4. The first-order chi connectivity index (χ1) is 11.4. The minimum absolute atomic E-state index is 0.0813. The molecule has 2 atom stereocenters. The summed E-state index contributed by atoms with van der Waals surface area (Å²) in [5.41, 5.74) is -1.14. The van der Waals surface area contributed by atoms with E-state index in [0.29, 0.717) is 19.3 Å². The summed E-state index contributed by atoms with van der Waals surface area (Å²) < 4.78 is 6.51. The van der Waals surface area contributed by atoms with Crippen molar-refractivity contribution < 1.29 is 18.8 Å². The van der Waals surface area contributed by atoms with E-state index in [2.05, 4.69) is 44.5 Å². The predicted molar refractivity (Wildman–Crippen MR) is 98.4 cm³/mol. The molecule has 0 bridgehead atoms. The van der Waals surface area contributed by atoms with Crippen LogP contribution in [0.1, 0.15) is 59.8 Å². The normalized spacial score (nSPS) is 27.2. The van der Waals surface area contributed by atoms with Crippen molar-refractivity contribution in [2.75, 3.05) is 0 Å². The van der Waals surface area contributed by atoms with Crippen molar-refractivity contribution in [1.82, 2.24) is 10.6 Å². The molecule has 0 aromatic heterocycles. The Morgan fingerprint density at radius 2 is 1.68 bits per heavy atom. The van der Waals surface area contributed by atoms with Crippen LogP contribution in [0.3, 0.4) is 0 Å². The molecule has 1 aliphatic carbocycles. The molecule has 0 spiro atoms. The van der Waals surface area contributed by atoms with Crippen LogP contribution in [0.4, 0.5) is 4.79 Å². The van der Waals surface area contributed by atoms with E-state index in [1.54, 1.807) is 0 Å². The van der Waals surface area contributed by atoms with E-state index < -0.39 is 31.6 Å². The van der Waals surface area contributed by atoms with Crippen molar-refractivity contribution in [1.29, 1.82) is 0 Å². The van der Waals surface area contributed by atoms with Crippen LogP contribution in [0.5, 0.6) is 0 Å². The average Bonchev–Trinajstić information content (AvgIpc) is 2.89. The van der Waals surface area contributed by atoms with Crippen LogP contribution < -0.4 is 10.6 Å². The van der Waals surface area contributed by atoms with Gasteiger partial charge in [0.15, 0.2) is 8.32 Å². The van der Waals surface area contributed by atoms with E-state index in [4.69, 9.17) is 4.43 Å². The van der Waals surface area contributed by atoms with Gasteiger partial charge in [0, 0.05) is 6.10 Å². The van der Waals surface area contributed by atoms with Gasteiger partial charge < -0.3 is 4.43 Å². The summed E-state index contributed by atoms with van der Waals surface area (Å²) in [4.78, 5) is 36.8. The summed E-state index contributed by atoms with van der Waals surface area (Å²) >= 11 is 0. The highest BCUT2D eigenvalue weighted by molar-refractivity contribution is 6.74. The monoisotopic (exact) mass is 368 g/mol.